The van der Waals surface area contributed by atoms with E-state index in [1.807, 2.05) is 18.7 Å². The number of carbonyl (C=O) groups excluding carboxylic acids is 2. The molecule has 3 amide bonds. The molecule has 180 valence electrons. The van der Waals surface area contributed by atoms with Gasteiger partial charge in [-0.3, -0.25) is 4.79 Å². The summed E-state index contributed by atoms with van der Waals surface area (Å²) in [6, 6.07) is 5.50. The smallest absolute Gasteiger partial charge is 0.319 e. The molecule has 1 aliphatic carbocycles. The maximum Gasteiger partial charge on any atom is 0.319 e. The Morgan fingerprint density at radius 3 is 2.45 bits per heavy atom. The van der Waals surface area contributed by atoms with E-state index >= 15 is 0 Å². The van der Waals surface area contributed by atoms with Crippen molar-refractivity contribution in [1.82, 2.24) is 15.3 Å². The highest BCUT2D eigenvalue weighted by atomic mass is 19.1. The monoisotopic (exact) mass is 459 g/mol. The highest BCUT2D eigenvalue weighted by molar-refractivity contribution is 6.02. The number of urea groups is 1. The Bertz CT molecular complexity index is 964. The van der Waals surface area contributed by atoms with Crippen molar-refractivity contribution in [2.45, 2.75) is 53.6 Å². The number of carbonyl (C=O) groups is 2. The van der Waals surface area contributed by atoms with E-state index in [0.29, 0.717) is 31.3 Å². The molecule has 1 aliphatic heterocycles. The lowest BCUT2D eigenvalue weighted by molar-refractivity contribution is -0.117. The summed E-state index contributed by atoms with van der Waals surface area (Å²) in [7, 11) is 0. The average Bonchev–Trinajstić information content (AvgIpc) is 2.73. The first-order chi connectivity index (χ1) is 15.0. The summed E-state index contributed by atoms with van der Waals surface area (Å²) >= 11 is 0. The van der Waals surface area contributed by atoms with Gasteiger partial charge in [0, 0.05) is 30.9 Å². The van der Waals surface area contributed by atoms with E-state index in [4.69, 9.17) is 0 Å². The Hall–Kier alpha value is -3.43. The fraction of sp³-hybridized carbons (Fsp3) is 0.478. The van der Waals surface area contributed by atoms with Gasteiger partial charge in [-0.15, -0.1) is 0 Å². The van der Waals surface area contributed by atoms with Gasteiger partial charge >= 0.3 is 6.03 Å². The van der Waals surface area contributed by atoms with Gasteiger partial charge in [-0.1, -0.05) is 14.9 Å². The molecular weight excluding hydrogens is 425 g/mol. The quantitative estimate of drug-likeness (QED) is 0.607. The zero-order valence-electron chi connectivity index (χ0n) is 17.6. The largest absolute Gasteiger partial charge is 0.351 e. The molecule has 2 aromatic rings. The molecule has 0 radical (unpaired) electrons. The van der Waals surface area contributed by atoms with Crippen molar-refractivity contribution in [3.63, 3.8) is 0 Å². The Morgan fingerprint density at radius 1 is 1.12 bits per heavy atom. The number of amides is 3. The standard InChI is InChI=1S/C21H26FN7O2.2CH4/c1-3-28-12-18(30)29(4-2)17-11-23-20(27-19(17)28)24-15-9-16(10-15)26-21(31)25-14-7-5-13(22)6-8-14;;/h5-8,11,15-16H,3-4,9-10,12H2,1-2H3,(H,23,24,27)(H2,25,26,31);2*1H4. The molecule has 1 saturated carbocycles. The summed E-state index contributed by atoms with van der Waals surface area (Å²) in [5.74, 6) is 0.975. The highest BCUT2D eigenvalue weighted by Crippen LogP contribution is 2.32. The van der Waals surface area contributed by atoms with E-state index in [1.54, 1.807) is 11.1 Å². The highest BCUT2D eigenvalue weighted by Gasteiger charge is 2.33. The van der Waals surface area contributed by atoms with E-state index in [2.05, 4.69) is 25.9 Å². The molecule has 4 rings (SSSR count). The lowest BCUT2D eigenvalue weighted by Crippen LogP contribution is -2.51. The number of nitrogens with zero attached hydrogens (tertiary/aromatic N) is 4. The van der Waals surface area contributed by atoms with Crippen molar-refractivity contribution < 1.29 is 14.0 Å². The summed E-state index contributed by atoms with van der Waals surface area (Å²) in [5, 5.41) is 8.91. The van der Waals surface area contributed by atoms with E-state index in [1.165, 1.54) is 24.3 Å². The van der Waals surface area contributed by atoms with Gasteiger partial charge in [-0.05, 0) is 51.0 Å². The molecule has 2 heterocycles. The lowest BCUT2D eigenvalue weighted by Gasteiger charge is -2.37. The fourth-order valence-corrected chi connectivity index (χ4v) is 3.85. The van der Waals surface area contributed by atoms with Crippen molar-refractivity contribution >= 4 is 35.1 Å². The predicted octanol–water partition coefficient (Wildman–Crippen LogP) is 3.85. The Kier molecular flexibility index (Phi) is 8.56. The molecule has 33 heavy (non-hydrogen) atoms. The number of aromatic nitrogens is 2. The van der Waals surface area contributed by atoms with E-state index in [0.717, 1.165) is 24.3 Å². The Balaban J connectivity index is 0.00000193. The molecule has 0 saturated heterocycles. The normalized spacial score (nSPS) is 18.8. The van der Waals surface area contributed by atoms with Gasteiger partial charge in [-0.2, -0.15) is 4.98 Å². The molecule has 9 nitrogen and oxygen atoms in total. The average molecular weight is 460 g/mol. The van der Waals surface area contributed by atoms with Gasteiger partial charge in [0.2, 0.25) is 11.9 Å². The molecule has 3 N–H and O–H groups in total. The number of fused-ring (bicyclic) bond motifs is 1. The van der Waals surface area contributed by atoms with E-state index < -0.39 is 0 Å². The third-order valence-corrected chi connectivity index (χ3v) is 5.57. The van der Waals surface area contributed by atoms with Crippen LogP contribution in [-0.4, -0.2) is 53.6 Å². The van der Waals surface area contributed by atoms with Crippen LogP contribution < -0.4 is 25.8 Å². The van der Waals surface area contributed by atoms with Crippen LogP contribution in [-0.2, 0) is 4.79 Å². The van der Waals surface area contributed by atoms with Crippen molar-refractivity contribution in [2.75, 3.05) is 40.1 Å². The molecule has 1 aromatic heterocycles. The minimum Gasteiger partial charge on any atom is -0.351 e. The minimum absolute atomic E-state index is 0. The number of hydrogen-bond acceptors (Lipinski definition) is 6. The van der Waals surface area contributed by atoms with Crippen LogP contribution in [0.2, 0.25) is 0 Å². The van der Waals surface area contributed by atoms with Crippen molar-refractivity contribution in [3.8, 4) is 0 Å². The number of rotatable bonds is 6. The van der Waals surface area contributed by atoms with Crippen LogP contribution in [0, 0.1) is 5.82 Å². The lowest BCUT2D eigenvalue weighted by atomic mass is 9.87. The number of halogens is 1. The van der Waals surface area contributed by atoms with Crippen LogP contribution in [0.4, 0.5) is 32.3 Å². The molecule has 0 atom stereocenters. The first-order valence-electron chi connectivity index (χ1n) is 10.5. The minimum atomic E-state index is -0.348. The third kappa shape index (κ3) is 5.68. The number of likely N-dealkylation sites (N-methyl/N-ethyl adjacent to an activating group) is 2. The molecule has 2 aliphatic rings. The zero-order chi connectivity index (χ0) is 22.0. The van der Waals surface area contributed by atoms with E-state index in [-0.39, 0.29) is 44.7 Å². The van der Waals surface area contributed by atoms with Crippen LogP contribution >= 0.6 is 0 Å². The Morgan fingerprint density at radius 2 is 1.82 bits per heavy atom. The number of anilines is 4. The second-order valence-corrected chi connectivity index (χ2v) is 7.67. The Labute approximate surface area is 194 Å². The summed E-state index contributed by atoms with van der Waals surface area (Å²) < 4.78 is 12.9. The number of nitrogens with one attached hydrogen (secondary N) is 3. The molecule has 10 heteroatoms. The number of hydrogen-bond donors (Lipinski definition) is 3. The SMILES string of the molecule is C.C.CCN1CC(=O)N(CC)c2cnc(NC3CC(NC(=O)Nc4ccc(F)cc4)C3)nc21. The second-order valence-electron chi connectivity index (χ2n) is 7.67. The van der Waals surface area contributed by atoms with Crippen LogP contribution in [0.5, 0.6) is 0 Å². The maximum absolute atomic E-state index is 12.9. The molecule has 1 aromatic carbocycles. The first kappa shape index (κ1) is 25.8. The van der Waals surface area contributed by atoms with Crippen LogP contribution in [0.25, 0.3) is 0 Å². The summed E-state index contributed by atoms with van der Waals surface area (Å²) in [6.07, 6.45) is 3.18. The first-order valence-corrected chi connectivity index (χ1v) is 10.5. The zero-order valence-corrected chi connectivity index (χ0v) is 17.6. The van der Waals surface area contributed by atoms with Crippen LogP contribution in [0.15, 0.2) is 30.5 Å². The summed E-state index contributed by atoms with van der Waals surface area (Å²) in [4.78, 5) is 37.1. The molecule has 0 bridgehead atoms. The predicted molar refractivity (Wildman–Crippen MR) is 130 cm³/mol. The van der Waals surface area contributed by atoms with Gasteiger partial charge in [0.1, 0.15) is 11.5 Å². The second kappa shape index (κ2) is 10.9. The van der Waals surface area contributed by atoms with Gasteiger partial charge in [0.15, 0.2) is 5.82 Å². The topological polar surface area (TPSA) is 102 Å². The van der Waals surface area contributed by atoms with E-state index in [9.17, 15) is 14.0 Å². The van der Waals surface area contributed by atoms with Gasteiger partial charge < -0.3 is 25.8 Å². The van der Waals surface area contributed by atoms with Crippen molar-refractivity contribution in [1.29, 1.82) is 0 Å². The molecule has 0 unspecified atom stereocenters. The van der Waals surface area contributed by atoms with Gasteiger partial charge in [0.05, 0.1) is 12.7 Å². The van der Waals surface area contributed by atoms with Crippen LogP contribution in [0.3, 0.4) is 0 Å². The third-order valence-electron chi connectivity index (χ3n) is 5.57. The summed E-state index contributed by atoms with van der Waals surface area (Å²) in [6.45, 7) is 5.50. The maximum atomic E-state index is 12.9. The summed E-state index contributed by atoms with van der Waals surface area (Å²) in [5.41, 5.74) is 1.27. The van der Waals surface area contributed by atoms with Gasteiger partial charge in [0.25, 0.3) is 0 Å². The molecule has 0 spiro atoms. The molecular formula is C23H34FN7O2. The van der Waals surface area contributed by atoms with Crippen LogP contribution in [0.1, 0.15) is 41.5 Å². The van der Waals surface area contributed by atoms with Gasteiger partial charge in [-0.25, -0.2) is 14.2 Å². The fourth-order valence-electron chi connectivity index (χ4n) is 3.85. The molecule has 1 fully saturated rings. The number of benzene rings is 1. The van der Waals surface area contributed by atoms with Crippen molar-refractivity contribution in [3.05, 3.63) is 36.3 Å². The van der Waals surface area contributed by atoms with Crippen molar-refractivity contribution in [2.24, 2.45) is 0 Å².